The van der Waals surface area contributed by atoms with Gasteiger partial charge in [0.05, 0.1) is 23.8 Å². The first kappa shape index (κ1) is 53.6. The summed E-state index contributed by atoms with van der Waals surface area (Å²) < 4.78 is 80.3. The standard InChI is InChI=1S/C58H68O15Si/c1-39-46(68-52(59)41-27-15-9-16-28-41)48(69-53(60)42-29-17-10-18-30-42)50(64-37-40-25-13-8-14-26-40)55(66-39)70-51-49-47(71-57(62-6)35-23-24-36-58(57,63-7)72-49)45(67-54(51)61-5)38-65-73-74(56(2,3)4,43-31-19-11-20-32-43)44-33-21-12-22-34-44/h8-22,25-34,39,45-51,54-55H,23-24,35-38H2,1-7H3/t39-,45+,46-,47+,48+,49-,50+,51-,54-,55-,57-,58-/m0/s1. The Hall–Kier alpha value is -5.18. The predicted molar refractivity (Wildman–Crippen MR) is 274 cm³/mol. The highest BCUT2D eigenvalue weighted by atomic mass is 28.4. The van der Waals surface area contributed by atoms with Gasteiger partial charge in [0.1, 0.15) is 37.1 Å². The molecule has 0 spiro atoms. The molecule has 5 aromatic rings. The van der Waals surface area contributed by atoms with E-state index in [4.69, 9.17) is 61.6 Å². The average molecular weight is 1030 g/mol. The van der Waals surface area contributed by atoms with Crippen LogP contribution in [0.25, 0.3) is 0 Å². The summed E-state index contributed by atoms with van der Waals surface area (Å²) in [5, 5.41) is 1.66. The van der Waals surface area contributed by atoms with Crippen LogP contribution < -0.4 is 10.4 Å². The molecular formula is C58H68O15Si. The number of methoxy groups -OCH3 is 3. The monoisotopic (exact) mass is 1030 g/mol. The van der Waals surface area contributed by atoms with E-state index in [1.54, 1.807) is 81.8 Å². The molecule has 12 atom stereocenters. The van der Waals surface area contributed by atoms with Crippen molar-refractivity contribution >= 4 is 30.6 Å². The second-order valence-electron chi connectivity index (χ2n) is 20.1. The topological polar surface area (TPSA) is 154 Å². The predicted octanol–water partition coefficient (Wildman–Crippen LogP) is 8.08. The third kappa shape index (κ3) is 10.8. The van der Waals surface area contributed by atoms with Gasteiger partial charge in [-0.2, -0.15) is 0 Å². The maximum atomic E-state index is 14.2. The average Bonchev–Trinajstić information content (AvgIpc) is 3.44. The molecule has 394 valence electrons. The molecule has 5 aromatic carbocycles. The molecule has 74 heavy (non-hydrogen) atoms. The molecule has 15 nitrogen and oxygen atoms in total. The summed E-state index contributed by atoms with van der Waals surface area (Å²) in [7, 11) is 1.48. The van der Waals surface area contributed by atoms with Gasteiger partial charge in [-0.1, -0.05) is 148 Å². The number of benzene rings is 5. The second kappa shape index (κ2) is 23.4. The van der Waals surface area contributed by atoms with Crippen LogP contribution in [0.5, 0.6) is 0 Å². The van der Waals surface area contributed by atoms with Crippen LogP contribution in [-0.2, 0) is 68.2 Å². The van der Waals surface area contributed by atoms with E-state index in [1.165, 1.54) is 7.11 Å². The minimum absolute atomic E-state index is 0.0380. The molecular weight excluding hydrogens is 965 g/mol. The Balaban J connectivity index is 1.08. The normalized spacial score (nSPS) is 30.1. The van der Waals surface area contributed by atoms with E-state index in [-0.39, 0.29) is 18.8 Å². The number of esters is 2. The number of carbonyl (C=O) groups is 2. The van der Waals surface area contributed by atoms with Gasteiger partial charge in [0, 0.05) is 34.2 Å². The first-order valence-electron chi connectivity index (χ1n) is 25.4. The van der Waals surface area contributed by atoms with Crippen LogP contribution in [0.3, 0.4) is 0 Å². The summed E-state index contributed by atoms with van der Waals surface area (Å²) in [6.07, 6.45) is -8.56. The number of carbonyl (C=O) groups excluding carboxylic acids is 2. The first-order chi connectivity index (χ1) is 35.9. The van der Waals surface area contributed by atoms with Crippen LogP contribution in [0.1, 0.15) is 79.7 Å². The molecule has 0 aromatic heterocycles. The van der Waals surface area contributed by atoms with Gasteiger partial charge >= 0.3 is 20.3 Å². The van der Waals surface area contributed by atoms with Crippen LogP contribution in [0.15, 0.2) is 152 Å². The Morgan fingerprint density at radius 1 is 0.595 bits per heavy atom. The van der Waals surface area contributed by atoms with Crippen molar-refractivity contribution in [1.82, 2.24) is 0 Å². The van der Waals surface area contributed by atoms with Gasteiger partial charge in [0.15, 0.2) is 24.8 Å². The zero-order valence-electron chi connectivity index (χ0n) is 43.1. The Morgan fingerprint density at radius 3 is 1.58 bits per heavy atom. The van der Waals surface area contributed by atoms with Gasteiger partial charge in [0.2, 0.25) is 11.6 Å². The highest BCUT2D eigenvalue weighted by Crippen LogP contribution is 2.52. The summed E-state index contributed by atoms with van der Waals surface area (Å²) in [6, 6.07) is 47.0. The van der Waals surface area contributed by atoms with E-state index in [9.17, 15) is 9.59 Å². The first-order valence-corrected chi connectivity index (χ1v) is 27.3. The van der Waals surface area contributed by atoms with Crippen molar-refractivity contribution in [2.24, 2.45) is 0 Å². The number of rotatable bonds is 18. The van der Waals surface area contributed by atoms with Crippen molar-refractivity contribution in [1.29, 1.82) is 0 Å². The van der Waals surface area contributed by atoms with Crippen LogP contribution in [0.2, 0.25) is 5.04 Å². The number of ether oxygens (including phenoxy) is 11. The fourth-order valence-electron chi connectivity index (χ4n) is 10.9. The number of fused-ring (bicyclic) bond motifs is 2. The summed E-state index contributed by atoms with van der Waals surface area (Å²) in [6.45, 7) is 8.14. The smallest absolute Gasteiger partial charge is 0.338 e. The fraction of sp³-hybridized carbons (Fsp3) is 0.448. The van der Waals surface area contributed by atoms with Crippen molar-refractivity contribution in [2.75, 3.05) is 27.9 Å². The largest absolute Gasteiger partial charge is 0.452 e. The van der Waals surface area contributed by atoms with E-state index < -0.39 is 98.3 Å². The van der Waals surface area contributed by atoms with Crippen molar-refractivity contribution < 1.29 is 71.2 Å². The third-order valence-corrected chi connectivity index (χ3v) is 19.4. The van der Waals surface area contributed by atoms with Crippen LogP contribution in [0.4, 0.5) is 0 Å². The maximum absolute atomic E-state index is 14.2. The zero-order chi connectivity index (χ0) is 51.9. The lowest BCUT2D eigenvalue weighted by Crippen LogP contribution is -2.76. The Labute approximate surface area is 434 Å². The molecule has 0 N–H and O–H groups in total. The summed E-state index contributed by atoms with van der Waals surface area (Å²) in [5.41, 5.74) is 1.39. The van der Waals surface area contributed by atoms with Gasteiger partial charge in [-0.25, -0.2) is 14.5 Å². The van der Waals surface area contributed by atoms with Gasteiger partial charge in [-0.15, -0.1) is 0 Å². The Bertz CT molecular complexity index is 2530. The van der Waals surface area contributed by atoms with E-state index in [0.717, 1.165) is 28.8 Å². The molecule has 1 aliphatic carbocycles. The van der Waals surface area contributed by atoms with E-state index >= 15 is 0 Å². The van der Waals surface area contributed by atoms with Crippen LogP contribution in [-0.4, -0.2) is 121 Å². The Morgan fingerprint density at radius 2 is 1.08 bits per heavy atom. The van der Waals surface area contributed by atoms with Crippen molar-refractivity contribution in [2.45, 2.75) is 138 Å². The van der Waals surface area contributed by atoms with Crippen LogP contribution in [0, 0.1) is 0 Å². The van der Waals surface area contributed by atoms with E-state index in [0.29, 0.717) is 18.4 Å². The molecule has 1 saturated carbocycles. The van der Waals surface area contributed by atoms with Crippen molar-refractivity contribution in [3.05, 3.63) is 168 Å². The molecule has 0 bridgehead atoms. The highest BCUT2D eigenvalue weighted by Gasteiger charge is 2.68. The molecule has 0 unspecified atom stereocenters. The molecule has 16 heteroatoms. The van der Waals surface area contributed by atoms with Gasteiger partial charge in [0.25, 0.3) is 0 Å². The highest BCUT2D eigenvalue weighted by molar-refractivity contribution is 6.99. The quantitative estimate of drug-likeness (QED) is 0.0359. The zero-order valence-corrected chi connectivity index (χ0v) is 44.1. The Kier molecular flexibility index (Phi) is 16.9. The maximum Gasteiger partial charge on any atom is 0.338 e. The summed E-state index contributed by atoms with van der Waals surface area (Å²) in [5.74, 6) is -4.05. The minimum Gasteiger partial charge on any atom is -0.452 e. The summed E-state index contributed by atoms with van der Waals surface area (Å²) in [4.78, 5) is 34.6. The van der Waals surface area contributed by atoms with Crippen molar-refractivity contribution in [3.63, 3.8) is 0 Å². The molecule has 0 amide bonds. The fourth-order valence-corrected chi connectivity index (χ4v) is 14.9. The third-order valence-electron chi connectivity index (χ3n) is 14.6. The van der Waals surface area contributed by atoms with Crippen LogP contribution >= 0.6 is 0 Å². The molecule has 3 aliphatic heterocycles. The molecule has 4 fully saturated rings. The van der Waals surface area contributed by atoms with Gasteiger partial charge < -0.3 is 52.1 Å². The van der Waals surface area contributed by atoms with E-state index in [1.807, 2.05) is 66.7 Å². The molecule has 3 heterocycles. The second-order valence-corrected chi connectivity index (χ2v) is 24.3. The van der Waals surface area contributed by atoms with Gasteiger partial charge in [-0.05, 0) is 65.0 Å². The van der Waals surface area contributed by atoms with Crippen molar-refractivity contribution in [3.8, 4) is 0 Å². The molecule has 9 rings (SSSR count). The summed E-state index contributed by atoms with van der Waals surface area (Å²) >= 11 is 0. The number of hydrogen-bond donors (Lipinski definition) is 0. The number of hydrogen-bond acceptors (Lipinski definition) is 15. The lowest BCUT2D eigenvalue weighted by Gasteiger charge is -2.60. The lowest BCUT2D eigenvalue weighted by molar-refractivity contribution is -0.503. The van der Waals surface area contributed by atoms with Gasteiger partial charge in [-0.3, -0.25) is 4.58 Å². The minimum atomic E-state index is -3.18. The SMILES string of the molecule is CO[C@H]1O[C@H](COO[Si](c2ccccc2)(c2ccccc2)C(C)(C)C)[C@H]2O[C@@]3(OC)CCCC[C@]3(OC)O[C@@H]2[C@@H]1O[C@@H]1O[C@@H](C)[C@H](OC(=O)c2ccccc2)[C@@H](OC(=O)c2ccccc2)[C@H]1OCc1ccccc1. The molecule has 3 saturated heterocycles. The lowest BCUT2D eigenvalue weighted by atomic mass is 9.83. The van der Waals surface area contributed by atoms with E-state index in [2.05, 4.69) is 45.0 Å². The molecule has 0 radical (unpaired) electrons. The molecule has 4 aliphatic rings.